The first-order valence-corrected chi connectivity index (χ1v) is 7.72. The molecule has 0 aliphatic carbocycles. The van der Waals surface area contributed by atoms with E-state index in [0.29, 0.717) is 11.6 Å². The molecule has 0 radical (unpaired) electrons. The van der Waals surface area contributed by atoms with Gasteiger partial charge in [-0.1, -0.05) is 0 Å². The normalized spacial score (nSPS) is 18.4. The summed E-state index contributed by atoms with van der Waals surface area (Å²) in [4.78, 5) is 12.5. The van der Waals surface area contributed by atoms with Crippen molar-refractivity contribution in [1.82, 2.24) is 0 Å². The lowest BCUT2D eigenvalue weighted by molar-refractivity contribution is -0.384. The molecule has 1 fully saturated rings. The van der Waals surface area contributed by atoms with Crippen molar-refractivity contribution in [2.45, 2.75) is 6.42 Å². The van der Waals surface area contributed by atoms with Gasteiger partial charge in [0.05, 0.1) is 18.1 Å². The second-order valence-corrected chi connectivity index (χ2v) is 5.70. The van der Waals surface area contributed by atoms with Crippen molar-refractivity contribution in [3.8, 4) is 5.75 Å². The zero-order chi connectivity index (χ0) is 14.7. The smallest absolute Gasteiger partial charge is 0.295 e. The molecular formula is C13H17FN2O3S. The third-order valence-electron chi connectivity index (χ3n) is 3.47. The lowest BCUT2D eigenvalue weighted by Gasteiger charge is -2.19. The molecule has 0 unspecified atom stereocenters. The van der Waals surface area contributed by atoms with Crippen LogP contribution in [0.5, 0.6) is 5.75 Å². The summed E-state index contributed by atoms with van der Waals surface area (Å²) in [6.07, 6.45) is 3.05. The highest BCUT2D eigenvalue weighted by atomic mass is 32.2. The maximum atomic E-state index is 13.6. The number of hydrogen-bond donors (Lipinski definition) is 0. The molecule has 20 heavy (non-hydrogen) atoms. The lowest BCUT2D eigenvalue weighted by Crippen LogP contribution is -2.21. The number of methoxy groups -OCH3 is 1. The van der Waals surface area contributed by atoms with E-state index in [2.05, 4.69) is 0 Å². The Bertz CT molecular complexity index is 513. The van der Waals surface area contributed by atoms with Crippen molar-refractivity contribution in [2.24, 2.45) is 5.92 Å². The molecule has 1 heterocycles. The van der Waals surface area contributed by atoms with E-state index in [0.717, 1.165) is 31.3 Å². The molecule has 0 bridgehead atoms. The van der Waals surface area contributed by atoms with Gasteiger partial charge in [0.1, 0.15) is 5.69 Å². The van der Waals surface area contributed by atoms with E-state index in [1.54, 1.807) is 11.8 Å². The molecule has 110 valence electrons. The Morgan fingerprint density at radius 2 is 2.35 bits per heavy atom. The number of anilines is 1. The highest BCUT2D eigenvalue weighted by Crippen LogP contribution is 2.37. The first-order valence-electron chi connectivity index (χ1n) is 6.32. The summed E-state index contributed by atoms with van der Waals surface area (Å²) in [7, 11) is 1.36. The second kappa shape index (κ2) is 6.30. The molecule has 0 amide bonds. The Labute approximate surface area is 121 Å². The molecule has 0 saturated carbocycles. The number of hydrogen-bond acceptors (Lipinski definition) is 5. The number of nitro groups is 1. The Morgan fingerprint density at radius 1 is 1.60 bits per heavy atom. The van der Waals surface area contributed by atoms with Crippen molar-refractivity contribution < 1.29 is 14.1 Å². The molecule has 1 aromatic rings. The Kier molecular flexibility index (Phi) is 4.69. The molecule has 1 atom stereocenters. The average Bonchev–Trinajstić information content (AvgIpc) is 2.87. The molecule has 7 heteroatoms. The summed E-state index contributed by atoms with van der Waals surface area (Å²) in [6, 6.07) is 2.37. The molecule has 1 aromatic carbocycles. The predicted octanol–water partition coefficient (Wildman–Crippen LogP) is 2.93. The van der Waals surface area contributed by atoms with Crippen molar-refractivity contribution in [2.75, 3.05) is 37.1 Å². The van der Waals surface area contributed by atoms with Gasteiger partial charge in [0, 0.05) is 19.2 Å². The molecule has 1 saturated heterocycles. The van der Waals surface area contributed by atoms with Gasteiger partial charge in [-0.15, -0.1) is 0 Å². The zero-order valence-electron chi connectivity index (χ0n) is 11.5. The van der Waals surface area contributed by atoms with E-state index in [1.165, 1.54) is 13.2 Å². The van der Waals surface area contributed by atoms with Crippen LogP contribution >= 0.6 is 11.8 Å². The molecule has 2 rings (SSSR count). The summed E-state index contributed by atoms with van der Waals surface area (Å²) >= 11 is 1.77. The molecule has 0 N–H and O–H groups in total. The fourth-order valence-corrected chi connectivity index (χ4v) is 3.25. The van der Waals surface area contributed by atoms with E-state index >= 15 is 0 Å². The Balaban J connectivity index is 2.32. The largest absolute Gasteiger partial charge is 0.494 e. The first kappa shape index (κ1) is 14.9. The third kappa shape index (κ3) is 2.98. The van der Waals surface area contributed by atoms with Crippen LogP contribution in [0.15, 0.2) is 12.1 Å². The number of halogens is 1. The minimum absolute atomic E-state index is 0.0407. The van der Waals surface area contributed by atoms with E-state index < -0.39 is 10.7 Å². The molecule has 1 aliphatic rings. The van der Waals surface area contributed by atoms with Crippen LogP contribution in [0, 0.1) is 21.8 Å². The van der Waals surface area contributed by atoms with E-state index in [4.69, 9.17) is 4.74 Å². The summed E-state index contributed by atoms with van der Waals surface area (Å²) in [5.41, 5.74) is 0.241. The summed E-state index contributed by atoms with van der Waals surface area (Å²) < 4.78 is 18.5. The summed E-state index contributed by atoms with van der Waals surface area (Å²) in [6.45, 7) is 1.51. The van der Waals surface area contributed by atoms with Gasteiger partial charge in [-0.25, -0.2) is 4.39 Å². The topological polar surface area (TPSA) is 55.6 Å². The fourth-order valence-electron chi connectivity index (χ4n) is 2.51. The van der Waals surface area contributed by atoms with Gasteiger partial charge < -0.3 is 9.64 Å². The predicted molar refractivity (Wildman–Crippen MR) is 78.3 cm³/mol. The number of benzene rings is 1. The van der Waals surface area contributed by atoms with Gasteiger partial charge in [0.2, 0.25) is 0 Å². The van der Waals surface area contributed by atoms with Crippen LogP contribution < -0.4 is 9.64 Å². The van der Waals surface area contributed by atoms with E-state index in [-0.39, 0.29) is 11.4 Å². The molecular weight excluding hydrogens is 283 g/mol. The van der Waals surface area contributed by atoms with Crippen LogP contribution in [-0.4, -0.2) is 37.1 Å². The molecule has 5 nitrogen and oxygen atoms in total. The van der Waals surface area contributed by atoms with Gasteiger partial charge >= 0.3 is 0 Å². The van der Waals surface area contributed by atoms with Gasteiger partial charge in [-0.05, 0) is 24.3 Å². The zero-order valence-corrected chi connectivity index (χ0v) is 12.3. The van der Waals surface area contributed by atoms with Crippen molar-refractivity contribution in [3.63, 3.8) is 0 Å². The minimum Gasteiger partial charge on any atom is -0.494 e. The third-order valence-corrected chi connectivity index (χ3v) is 4.28. The van der Waals surface area contributed by atoms with Crippen LogP contribution in [0.3, 0.4) is 0 Å². The number of rotatable bonds is 5. The number of thioether (sulfide) groups is 1. The van der Waals surface area contributed by atoms with Crippen LogP contribution in [0.4, 0.5) is 15.8 Å². The summed E-state index contributed by atoms with van der Waals surface area (Å²) in [5.74, 6) is 0.880. The monoisotopic (exact) mass is 300 g/mol. The number of ether oxygens (including phenoxy) is 1. The fraction of sp³-hybridized carbons (Fsp3) is 0.538. The summed E-state index contributed by atoms with van der Waals surface area (Å²) in [5, 5.41) is 11.1. The van der Waals surface area contributed by atoms with Gasteiger partial charge in [-0.2, -0.15) is 11.8 Å². The Morgan fingerprint density at radius 3 is 2.95 bits per heavy atom. The van der Waals surface area contributed by atoms with E-state index in [1.807, 2.05) is 11.2 Å². The van der Waals surface area contributed by atoms with Gasteiger partial charge in [-0.3, -0.25) is 10.1 Å². The Hall–Kier alpha value is -1.50. The highest BCUT2D eigenvalue weighted by molar-refractivity contribution is 7.98. The lowest BCUT2D eigenvalue weighted by atomic mass is 10.1. The maximum Gasteiger partial charge on any atom is 0.295 e. The van der Waals surface area contributed by atoms with Crippen LogP contribution in [0.25, 0.3) is 0 Å². The van der Waals surface area contributed by atoms with Gasteiger partial charge in [0.15, 0.2) is 11.6 Å². The average molecular weight is 300 g/mol. The number of nitro benzene ring substituents is 1. The van der Waals surface area contributed by atoms with Crippen LogP contribution in [0.2, 0.25) is 0 Å². The quantitative estimate of drug-likeness (QED) is 0.618. The van der Waals surface area contributed by atoms with E-state index in [9.17, 15) is 14.5 Å². The molecule has 0 aromatic heterocycles. The van der Waals surface area contributed by atoms with Gasteiger partial charge in [0.25, 0.3) is 5.69 Å². The van der Waals surface area contributed by atoms with Crippen molar-refractivity contribution >= 4 is 23.1 Å². The standard InChI is InChI=1S/C13H17FN2O3S/c1-19-13-6-11(12(16(17)18)5-10(13)14)15-4-3-9(7-15)8-20-2/h5-6,9H,3-4,7-8H2,1-2H3/t9-/m1/s1. The molecule has 0 spiro atoms. The highest BCUT2D eigenvalue weighted by Gasteiger charge is 2.29. The maximum absolute atomic E-state index is 13.6. The van der Waals surface area contributed by atoms with Crippen molar-refractivity contribution in [1.29, 1.82) is 0 Å². The van der Waals surface area contributed by atoms with Crippen LogP contribution in [0.1, 0.15) is 6.42 Å². The van der Waals surface area contributed by atoms with Crippen LogP contribution in [-0.2, 0) is 0 Å². The SMILES string of the molecule is COc1cc(N2CC[C@@H](CSC)C2)c([N+](=O)[O-])cc1F. The van der Waals surface area contributed by atoms with Crippen molar-refractivity contribution in [3.05, 3.63) is 28.1 Å². The number of nitrogens with zero attached hydrogens (tertiary/aromatic N) is 2. The minimum atomic E-state index is -0.706. The second-order valence-electron chi connectivity index (χ2n) is 4.79. The first-order chi connectivity index (χ1) is 9.56. The molecule has 1 aliphatic heterocycles.